The second-order valence-corrected chi connectivity index (χ2v) is 8.45. The Morgan fingerprint density at radius 2 is 1.85 bits per heavy atom. The first kappa shape index (κ1) is 17.0. The second-order valence-electron chi connectivity index (χ2n) is 7.21. The Labute approximate surface area is 163 Å². The van der Waals surface area contributed by atoms with Crippen LogP contribution in [0.3, 0.4) is 0 Å². The van der Waals surface area contributed by atoms with Gasteiger partial charge in [0.1, 0.15) is 0 Å². The lowest BCUT2D eigenvalue weighted by atomic mass is 10.1. The highest BCUT2D eigenvalue weighted by molar-refractivity contribution is 8.01. The zero-order valence-electron chi connectivity index (χ0n) is 15.1. The number of ether oxygens (including phenoxy) is 2. The standard InChI is InChI=1S/C21H22N2O3S/c24-21(20-12-16-3-1-2-4-19(16)27-20)23-9-7-22(8-10-23)13-15-5-6-17-18(11-15)26-14-25-17/h1-6,11,20H,7-10,12-14H2/t20-/m0/s1. The lowest BCUT2D eigenvalue weighted by molar-refractivity contribution is -0.132. The quantitative estimate of drug-likeness (QED) is 0.817. The van der Waals surface area contributed by atoms with E-state index in [9.17, 15) is 4.79 Å². The normalized spacial score (nSPS) is 21.3. The molecule has 0 bridgehead atoms. The maximum absolute atomic E-state index is 12.9. The van der Waals surface area contributed by atoms with Gasteiger partial charge in [-0.2, -0.15) is 0 Å². The van der Waals surface area contributed by atoms with Gasteiger partial charge in [-0.3, -0.25) is 9.69 Å². The molecular weight excluding hydrogens is 360 g/mol. The lowest BCUT2D eigenvalue weighted by Gasteiger charge is -2.35. The average molecular weight is 382 g/mol. The summed E-state index contributed by atoms with van der Waals surface area (Å²) in [5, 5.41) is 0.0443. The first-order chi connectivity index (χ1) is 13.3. The summed E-state index contributed by atoms with van der Waals surface area (Å²) in [6.07, 6.45) is 0.858. The Balaban J connectivity index is 1.16. The lowest BCUT2D eigenvalue weighted by Crippen LogP contribution is -2.50. The van der Waals surface area contributed by atoms with Crippen LogP contribution in [0.4, 0.5) is 0 Å². The molecule has 140 valence electrons. The zero-order valence-corrected chi connectivity index (χ0v) is 15.9. The van der Waals surface area contributed by atoms with Gasteiger partial charge < -0.3 is 14.4 Å². The summed E-state index contributed by atoms with van der Waals surface area (Å²) in [6, 6.07) is 14.5. The van der Waals surface area contributed by atoms with E-state index in [4.69, 9.17) is 9.47 Å². The Morgan fingerprint density at radius 1 is 1.04 bits per heavy atom. The van der Waals surface area contributed by atoms with Gasteiger partial charge in [0.2, 0.25) is 12.7 Å². The van der Waals surface area contributed by atoms with Gasteiger partial charge in [-0.25, -0.2) is 0 Å². The molecule has 1 amide bonds. The van der Waals surface area contributed by atoms with Crippen LogP contribution < -0.4 is 9.47 Å². The molecule has 0 saturated carbocycles. The summed E-state index contributed by atoms with van der Waals surface area (Å²) < 4.78 is 10.8. The maximum Gasteiger partial charge on any atom is 0.236 e. The summed E-state index contributed by atoms with van der Waals surface area (Å²) in [4.78, 5) is 18.6. The van der Waals surface area contributed by atoms with Gasteiger partial charge in [0.15, 0.2) is 11.5 Å². The third-order valence-electron chi connectivity index (χ3n) is 5.45. The van der Waals surface area contributed by atoms with Crippen molar-refractivity contribution in [2.24, 2.45) is 0 Å². The van der Waals surface area contributed by atoms with Crippen molar-refractivity contribution in [3.05, 3.63) is 53.6 Å². The Hall–Kier alpha value is -2.18. The van der Waals surface area contributed by atoms with Crippen molar-refractivity contribution >= 4 is 17.7 Å². The molecule has 0 N–H and O–H groups in total. The predicted octanol–water partition coefficient (Wildman–Crippen LogP) is 2.78. The summed E-state index contributed by atoms with van der Waals surface area (Å²) in [6.45, 7) is 4.60. The third kappa shape index (κ3) is 3.39. The Kier molecular flexibility index (Phi) is 4.45. The van der Waals surface area contributed by atoms with Gasteiger partial charge >= 0.3 is 0 Å². The molecule has 3 heterocycles. The number of carbonyl (C=O) groups excluding carboxylic acids is 1. The monoisotopic (exact) mass is 382 g/mol. The van der Waals surface area contributed by atoms with Crippen LogP contribution in [0.1, 0.15) is 11.1 Å². The molecule has 0 unspecified atom stereocenters. The largest absolute Gasteiger partial charge is 0.454 e. The first-order valence-electron chi connectivity index (χ1n) is 9.40. The summed E-state index contributed by atoms with van der Waals surface area (Å²) >= 11 is 1.72. The highest BCUT2D eigenvalue weighted by Gasteiger charge is 2.32. The number of nitrogens with zero attached hydrogens (tertiary/aromatic N) is 2. The van der Waals surface area contributed by atoms with E-state index < -0.39 is 0 Å². The second kappa shape index (κ2) is 7.09. The van der Waals surface area contributed by atoms with Crippen molar-refractivity contribution in [3.63, 3.8) is 0 Å². The fourth-order valence-electron chi connectivity index (χ4n) is 3.95. The maximum atomic E-state index is 12.9. The molecule has 1 fully saturated rings. The van der Waals surface area contributed by atoms with Crippen LogP contribution in [-0.2, 0) is 17.8 Å². The van der Waals surface area contributed by atoms with E-state index in [2.05, 4.69) is 35.2 Å². The molecule has 2 aromatic carbocycles. The molecule has 1 atom stereocenters. The molecular formula is C21H22N2O3S. The Morgan fingerprint density at radius 3 is 2.70 bits per heavy atom. The molecule has 5 nitrogen and oxygen atoms in total. The van der Waals surface area contributed by atoms with Crippen molar-refractivity contribution in [1.82, 2.24) is 9.80 Å². The number of carbonyl (C=O) groups is 1. The van der Waals surface area contributed by atoms with E-state index in [0.717, 1.165) is 50.6 Å². The number of piperazine rings is 1. The van der Waals surface area contributed by atoms with E-state index in [1.165, 1.54) is 16.0 Å². The van der Waals surface area contributed by atoms with Crippen molar-refractivity contribution in [2.75, 3.05) is 33.0 Å². The summed E-state index contributed by atoms with van der Waals surface area (Å²) in [5.41, 5.74) is 2.53. The molecule has 27 heavy (non-hydrogen) atoms. The van der Waals surface area contributed by atoms with Gasteiger partial charge in [-0.15, -0.1) is 11.8 Å². The number of hydrogen-bond acceptors (Lipinski definition) is 5. The van der Waals surface area contributed by atoms with Gasteiger partial charge in [-0.05, 0) is 35.7 Å². The van der Waals surface area contributed by atoms with Gasteiger partial charge in [0.25, 0.3) is 0 Å². The SMILES string of the molecule is O=C([C@@H]1Cc2ccccc2S1)N1CCN(Cc2ccc3c(c2)OCO3)CC1. The first-order valence-corrected chi connectivity index (χ1v) is 10.3. The van der Waals surface area contributed by atoms with E-state index in [1.807, 2.05) is 17.0 Å². The minimum Gasteiger partial charge on any atom is -0.454 e. The molecule has 0 spiro atoms. The fourth-order valence-corrected chi connectivity index (χ4v) is 5.23. The molecule has 3 aliphatic rings. The number of fused-ring (bicyclic) bond motifs is 2. The topological polar surface area (TPSA) is 42.0 Å². The van der Waals surface area contributed by atoms with Crippen molar-refractivity contribution in [3.8, 4) is 11.5 Å². The Bertz CT molecular complexity index is 839. The highest BCUT2D eigenvalue weighted by Crippen LogP contribution is 2.38. The molecule has 5 rings (SSSR count). The highest BCUT2D eigenvalue weighted by atomic mass is 32.2. The molecule has 3 aliphatic heterocycles. The molecule has 6 heteroatoms. The van der Waals surface area contributed by atoms with E-state index in [0.29, 0.717) is 12.7 Å². The predicted molar refractivity (Wildman–Crippen MR) is 104 cm³/mol. The van der Waals surface area contributed by atoms with E-state index in [-0.39, 0.29) is 5.25 Å². The van der Waals surface area contributed by atoms with Gasteiger partial charge in [-0.1, -0.05) is 24.3 Å². The summed E-state index contributed by atoms with van der Waals surface area (Å²) in [7, 11) is 0. The van der Waals surface area contributed by atoms with E-state index in [1.54, 1.807) is 11.8 Å². The zero-order chi connectivity index (χ0) is 18.2. The molecule has 0 aromatic heterocycles. The third-order valence-corrected chi connectivity index (χ3v) is 6.75. The number of rotatable bonds is 3. The van der Waals surface area contributed by atoms with Gasteiger partial charge in [0, 0.05) is 37.6 Å². The minimum atomic E-state index is 0.0443. The van der Waals surface area contributed by atoms with Crippen LogP contribution in [0, 0.1) is 0 Å². The summed E-state index contributed by atoms with van der Waals surface area (Å²) in [5.74, 6) is 1.95. The van der Waals surface area contributed by atoms with Crippen molar-refractivity contribution in [1.29, 1.82) is 0 Å². The van der Waals surface area contributed by atoms with Gasteiger partial charge in [0.05, 0.1) is 5.25 Å². The van der Waals surface area contributed by atoms with E-state index >= 15 is 0 Å². The average Bonchev–Trinajstić information content (AvgIpc) is 3.34. The van der Waals surface area contributed by atoms with Crippen LogP contribution >= 0.6 is 11.8 Å². The molecule has 0 aliphatic carbocycles. The smallest absolute Gasteiger partial charge is 0.236 e. The number of amides is 1. The minimum absolute atomic E-state index is 0.0443. The van der Waals surface area contributed by atoms with Crippen LogP contribution in [0.2, 0.25) is 0 Å². The van der Waals surface area contributed by atoms with Crippen LogP contribution in [-0.4, -0.2) is 53.9 Å². The molecule has 0 radical (unpaired) electrons. The molecule has 2 aromatic rings. The van der Waals surface area contributed by atoms with Crippen LogP contribution in [0.25, 0.3) is 0 Å². The number of thioether (sulfide) groups is 1. The van der Waals surface area contributed by atoms with Crippen LogP contribution in [0.15, 0.2) is 47.4 Å². The van der Waals surface area contributed by atoms with Crippen LogP contribution in [0.5, 0.6) is 11.5 Å². The molecule has 1 saturated heterocycles. The number of hydrogen-bond donors (Lipinski definition) is 0. The van der Waals surface area contributed by atoms with Crippen molar-refractivity contribution in [2.45, 2.75) is 23.1 Å². The van der Waals surface area contributed by atoms with Crippen molar-refractivity contribution < 1.29 is 14.3 Å². The fraction of sp³-hybridized carbons (Fsp3) is 0.381. The number of benzene rings is 2.